The Morgan fingerprint density at radius 3 is 2.67 bits per heavy atom. The van der Waals surface area contributed by atoms with Crippen LogP contribution in [0.1, 0.15) is 12.6 Å². The van der Waals surface area contributed by atoms with Gasteiger partial charge in [0, 0.05) is 11.1 Å². The van der Waals surface area contributed by atoms with Crippen molar-refractivity contribution in [3.8, 4) is 0 Å². The fourth-order valence-electron chi connectivity index (χ4n) is 1.72. The number of hydrogen-bond acceptors (Lipinski definition) is 4. The molecule has 2 rings (SSSR count). The van der Waals surface area contributed by atoms with E-state index < -0.39 is 5.97 Å². The van der Waals surface area contributed by atoms with Gasteiger partial charge in [-0.1, -0.05) is 25.1 Å². The molecule has 0 amide bonds. The van der Waals surface area contributed by atoms with Crippen molar-refractivity contribution in [1.82, 2.24) is 9.19 Å². The normalized spacial score (nSPS) is 10.7. The van der Waals surface area contributed by atoms with Crippen LogP contribution < -0.4 is 5.56 Å². The number of carboxylic acid groups (broad SMARTS) is 1. The predicted molar refractivity (Wildman–Crippen MR) is 70.9 cm³/mol. The smallest absolute Gasteiger partial charge is 0.309 e. The zero-order chi connectivity index (χ0) is 13.1. The van der Waals surface area contributed by atoms with E-state index in [1.165, 1.54) is 16.0 Å². The topological polar surface area (TPSA) is 72.2 Å². The van der Waals surface area contributed by atoms with Crippen LogP contribution in [0, 0.1) is 0 Å². The van der Waals surface area contributed by atoms with Crippen LogP contribution in [-0.2, 0) is 11.2 Å². The molecule has 0 saturated carbocycles. The van der Waals surface area contributed by atoms with Crippen molar-refractivity contribution in [2.24, 2.45) is 0 Å². The highest BCUT2D eigenvalue weighted by atomic mass is 32.2. The molecule has 0 fully saturated rings. The molecule has 5 nitrogen and oxygen atoms in total. The molecular formula is C12H12N2O3S. The largest absolute Gasteiger partial charge is 0.481 e. The lowest BCUT2D eigenvalue weighted by atomic mass is 10.1. The highest BCUT2D eigenvalue weighted by molar-refractivity contribution is 7.97. The van der Waals surface area contributed by atoms with E-state index in [1.807, 2.05) is 6.92 Å². The third kappa shape index (κ3) is 2.38. The monoisotopic (exact) mass is 264 g/mol. The van der Waals surface area contributed by atoms with Crippen molar-refractivity contribution in [2.75, 3.05) is 5.75 Å². The summed E-state index contributed by atoms with van der Waals surface area (Å²) in [5.41, 5.74) is 0.213. The summed E-state index contributed by atoms with van der Waals surface area (Å²) < 4.78 is 1.26. The molecule has 1 N–H and O–H groups in total. The second kappa shape index (κ2) is 5.22. The molecule has 0 saturated heterocycles. The van der Waals surface area contributed by atoms with Crippen LogP contribution in [0.15, 0.2) is 29.1 Å². The fourth-order valence-corrected chi connectivity index (χ4v) is 2.33. The second-order valence-corrected chi connectivity index (χ2v) is 4.84. The van der Waals surface area contributed by atoms with Gasteiger partial charge in [0.25, 0.3) is 5.56 Å². The van der Waals surface area contributed by atoms with Gasteiger partial charge in [0.2, 0.25) is 0 Å². The number of aliphatic carboxylic acids is 1. The lowest BCUT2D eigenvalue weighted by molar-refractivity contribution is -0.136. The Morgan fingerprint density at radius 2 is 2.06 bits per heavy atom. The molecule has 0 unspecified atom stereocenters. The number of carbonyl (C=O) groups is 1. The molecular weight excluding hydrogens is 252 g/mol. The number of benzene rings is 1. The average molecular weight is 264 g/mol. The van der Waals surface area contributed by atoms with Crippen molar-refractivity contribution < 1.29 is 9.90 Å². The maximum atomic E-state index is 12.1. The first-order chi connectivity index (χ1) is 8.63. The molecule has 18 heavy (non-hydrogen) atoms. The molecule has 0 spiro atoms. The lowest BCUT2D eigenvalue weighted by Crippen LogP contribution is -2.21. The van der Waals surface area contributed by atoms with Crippen LogP contribution in [0.2, 0.25) is 0 Å². The van der Waals surface area contributed by atoms with Crippen LogP contribution in [0.25, 0.3) is 10.8 Å². The minimum absolute atomic E-state index is 0.189. The van der Waals surface area contributed by atoms with Crippen LogP contribution in [-0.4, -0.2) is 26.0 Å². The maximum absolute atomic E-state index is 12.1. The Kier molecular flexibility index (Phi) is 3.66. The maximum Gasteiger partial charge on any atom is 0.309 e. The average Bonchev–Trinajstić information content (AvgIpc) is 2.35. The standard InChI is InChI=1S/C12H12N2O3S/c1-2-18-14-12(17)9-6-4-3-5-8(9)10(13-14)7-11(15)16/h3-6H,2,7H2,1H3,(H,15,16). The van der Waals surface area contributed by atoms with Crippen molar-refractivity contribution in [3.63, 3.8) is 0 Å². The second-order valence-electron chi connectivity index (χ2n) is 3.66. The van der Waals surface area contributed by atoms with Gasteiger partial charge in [-0.3, -0.25) is 9.59 Å². The molecule has 0 aliphatic rings. The first-order valence-electron chi connectivity index (χ1n) is 5.49. The summed E-state index contributed by atoms with van der Waals surface area (Å²) in [5, 5.41) is 14.1. The van der Waals surface area contributed by atoms with Crippen molar-refractivity contribution in [3.05, 3.63) is 40.3 Å². The number of fused-ring (bicyclic) bond motifs is 1. The summed E-state index contributed by atoms with van der Waals surface area (Å²) in [6.45, 7) is 1.91. The fraction of sp³-hybridized carbons (Fsp3) is 0.250. The van der Waals surface area contributed by atoms with E-state index in [0.29, 0.717) is 22.2 Å². The van der Waals surface area contributed by atoms with Gasteiger partial charge in [0.05, 0.1) is 17.5 Å². The van der Waals surface area contributed by atoms with E-state index in [1.54, 1.807) is 24.3 Å². The van der Waals surface area contributed by atoms with E-state index in [2.05, 4.69) is 5.10 Å². The molecule has 0 aliphatic heterocycles. The first kappa shape index (κ1) is 12.6. The predicted octanol–water partition coefficient (Wildman–Crippen LogP) is 1.54. The quantitative estimate of drug-likeness (QED) is 0.906. The van der Waals surface area contributed by atoms with Gasteiger partial charge in [-0.05, 0) is 18.0 Å². The van der Waals surface area contributed by atoms with E-state index in [-0.39, 0.29) is 12.0 Å². The highest BCUT2D eigenvalue weighted by Gasteiger charge is 2.12. The van der Waals surface area contributed by atoms with Gasteiger partial charge in [-0.2, -0.15) is 9.19 Å². The summed E-state index contributed by atoms with van der Waals surface area (Å²) in [6, 6.07) is 6.95. The third-order valence-electron chi connectivity index (χ3n) is 2.42. The minimum atomic E-state index is -0.959. The highest BCUT2D eigenvalue weighted by Crippen LogP contribution is 2.15. The summed E-state index contributed by atoms with van der Waals surface area (Å²) in [5.74, 6) is -0.267. The summed E-state index contributed by atoms with van der Waals surface area (Å²) in [7, 11) is 0. The van der Waals surface area contributed by atoms with Gasteiger partial charge in [0.15, 0.2) is 0 Å². The van der Waals surface area contributed by atoms with Crippen LogP contribution in [0.3, 0.4) is 0 Å². The van der Waals surface area contributed by atoms with E-state index in [4.69, 9.17) is 5.11 Å². The number of hydrogen-bond donors (Lipinski definition) is 1. The van der Waals surface area contributed by atoms with E-state index in [9.17, 15) is 9.59 Å². The van der Waals surface area contributed by atoms with Crippen LogP contribution >= 0.6 is 11.9 Å². The number of nitrogens with zero attached hydrogens (tertiary/aromatic N) is 2. The van der Waals surface area contributed by atoms with Crippen molar-refractivity contribution >= 4 is 28.7 Å². The van der Waals surface area contributed by atoms with Crippen molar-refractivity contribution in [2.45, 2.75) is 13.3 Å². The molecule has 0 bridgehead atoms. The Hall–Kier alpha value is -1.82. The van der Waals surface area contributed by atoms with Gasteiger partial charge in [-0.15, -0.1) is 0 Å². The molecule has 0 aliphatic carbocycles. The molecule has 6 heteroatoms. The molecule has 0 radical (unpaired) electrons. The number of aromatic nitrogens is 2. The van der Waals surface area contributed by atoms with Crippen LogP contribution in [0.5, 0.6) is 0 Å². The zero-order valence-electron chi connectivity index (χ0n) is 9.79. The van der Waals surface area contributed by atoms with Gasteiger partial charge < -0.3 is 5.11 Å². The van der Waals surface area contributed by atoms with Gasteiger partial charge in [-0.25, -0.2) is 0 Å². The molecule has 1 aromatic carbocycles. The molecule has 1 aromatic heterocycles. The molecule has 1 heterocycles. The van der Waals surface area contributed by atoms with Gasteiger partial charge in [0.1, 0.15) is 0 Å². The van der Waals surface area contributed by atoms with Gasteiger partial charge >= 0.3 is 5.97 Å². The number of rotatable bonds is 4. The summed E-state index contributed by atoms with van der Waals surface area (Å²) >= 11 is 1.26. The Morgan fingerprint density at radius 1 is 1.39 bits per heavy atom. The minimum Gasteiger partial charge on any atom is -0.481 e. The van der Waals surface area contributed by atoms with Crippen molar-refractivity contribution in [1.29, 1.82) is 0 Å². The Labute approximate surface area is 108 Å². The zero-order valence-corrected chi connectivity index (χ0v) is 10.6. The van der Waals surface area contributed by atoms with E-state index in [0.717, 1.165) is 0 Å². The summed E-state index contributed by atoms with van der Waals surface area (Å²) in [4.78, 5) is 22.9. The molecule has 2 aromatic rings. The number of carboxylic acids is 1. The van der Waals surface area contributed by atoms with E-state index >= 15 is 0 Å². The van der Waals surface area contributed by atoms with Crippen LogP contribution in [0.4, 0.5) is 0 Å². The lowest BCUT2D eigenvalue weighted by Gasteiger charge is -2.07. The Bertz CT molecular complexity index is 651. The summed E-state index contributed by atoms with van der Waals surface area (Å²) in [6.07, 6.45) is -0.189. The Balaban J connectivity index is 2.71. The first-order valence-corrected chi connectivity index (χ1v) is 6.43. The third-order valence-corrected chi connectivity index (χ3v) is 3.17. The SMILES string of the molecule is CCSn1nc(CC(=O)O)c2ccccc2c1=O. The molecule has 0 atom stereocenters. The molecule has 94 valence electrons.